The van der Waals surface area contributed by atoms with Gasteiger partial charge in [0, 0.05) is 0 Å². The Hall–Kier alpha value is -3.03. The Balaban J connectivity index is 1.31. The van der Waals surface area contributed by atoms with E-state index < -0.39 is 17.1 Å². The monoisotopic (exact) mass is 601 g/mol. The van der Waals surface area contributed by atoms with Gasteiger partial charge in [-0.25, -0.2) is 0 Å². The quantitative estimate of drug-likeness (QED) is 0.128. The van der Waals surface area contributed by atoms with E-state index in [-0.39, 0.29) is 18.5 Å². The highest BCUT2D eigenvalue weighted by Crippen LogP contribution is 2.42. The van der Waals surface area contributed by atoms with Crippen molar-refractivity contribution in [2.45, 2.75) is 82.3 Å². The van der Waals surface area contributed by atoms with Crippen LogP contribution in [0.2, 0.25) is 0 Å². The number of esters is 1. The third-order valence-corrected chi connectivity index (χ3v) is 9.47. The Morgan fingerprint density at radius 2 is 1.45 bits per heavy atom. The molecule has 2 atom stereocenters. The van der Waals surface area contributed by atoms with Gasteiger partial charge in [-0.15, -0.1) is 0 Å². The molecule has 238 valence electrons. The number of hydrogen-bond donors (Lipinski definition) is 3. The lowest BCUT2D eigenvalue weighted by Gasteiger charge is -2.42. The third kappa shape index (κ3) is 7.78. The molecule has 0 saturated carbocycles. The maximum absolute atomic E-state index is 13.0. The second kappa shape index (κ2) is 16.3. The van der Waals surface area contributed by atoms with Crippen molar-refractivity contribution in [3.8, 4) is 0 Å². The first kappa shape index (κ1) is 33.9. The van der Waals surface area contributed by atoms with Gasteiger partial charge in [-0.1, -0.05) is 112 Å². The van der Waals surface area contributed by atoms with Gasteiger partial charge < -0.3 is 25.0 Å². The van der Waals surface area contributed by atoms with Crippen molar-refractivity contribution in [1.82, 2.24) is 4.90 Å². The Morgan fingerprint density at radius 3 is 1.98 bits per heavy atom. The van der Waals surface area contributed by atoms with Crippen LogP contribution in [-0.4, -0.2) is 59.0 Å². The summed E-state index contributed by atoms with van der Waals surface area (Å²) in [5.74, 6) is -0.256. The Kier molecular flexibility index (Phi) is 12.6. The first-order chi connectivity index (χ1) is 21.4. The average molecular weight is 602 g/mol. The minimum absolute atomic E-state index is 0.121. The molecule has 0 radical (unpaired) electrons. The number of aliphatic hydroxyl groups is 3. The van der Waals surface area contributed by atoms with Gasteiger partial charge in [0.25, 0.3) is 0 Å². The summed E-state index contributed by atoms with van der Waals surface area (Å²) in [6, 6.07) is 27.5. The molecular weight excluding hydrogens is 550 g/mol. The van der Waals surface area contributed by atoms with E-state index in [0.29, 0.717) is 19.4 Å². The number of carbonyl (C=O) groups is 1. The molecule has 1 aliphatic rings. The molecule has 0 spiro atoms. The van der Waals surface area contributed by atoms with Gasteiger partial charge in [-0.05, 0) is 86.3 Å². The second-order valence-corrected chi connectivity index (χ2v) is 12.4. The SMILES string of the molecule is CCCCOC(=O)C(CO)(CCC)c1ccc(C(O)CCCN2CCC(C(O)(c3ccccc3)c3ccccc3)CC2)cc1. The molecule has 2 unspecified atom stereocenters. The number of piperidine rings is 1. The van der Waals surface area contributed by atoms with Crippen LogP contribution in [0.1, 0.15) is 93.6 Å². The number of carbonyl (C=O) groups excluding carboxylic acids is 1. The molecule has 1 heterocycles. The smallest absolute Gasteiger partial charge is 0.318 e. The number of ether oxygens (including phenoxy) is 1. The van der Waals surface area contributed by atoms with Crippen LogP contribution in [0.15, 0.2) is 84.9 Å². The van der Waals surface area contributed by atoms with Gasteiger partial charge in [-0.3, -0.25) is 4.79 Å². The zero-order chi connectivity index (χ0) is 31.4. The number of rotatable bonds is 16. The standard InChI is InChI=1S/C38H51NO5/c1-3-5-28-44-36(42)37(29-40,24-4-2)31-20-18-30(19-21-31)35(41)17-12-25-39-26-22-34(23-27-39)38(43,32-13-8-6-9-14-32)33-15-10-7-11-16-33/h6-11,13-16,18-21,34-35,40-41,43H,3-5,12,17,22-29H2,1-2H3. The molecule has 6 heteroatoms. The van der Waals surface area contributed by atoms with E-state index in [0.717, 1.165) is 80.4 Å². The Labute approximate surface area is 263 Å². The minimum Gasteiger partial charge on any atom is -0.465 e. The first-order valence-corrected chi connectivity index (χ1v) is 16.5. The van der Waals surface area contributed by atoms with Crippen molar-refractivity contribution in [3.05, 3.63) is 107 Å². The zero-order valence-corrected chi connectivity index (χ0v) is 26.5. The summed E-state index contributed by atoms with van der Waals surface area (Å²) >= 11 is 0. The summed E-state index contributed by atoms with van der Waals surface area (Å²) in [5.41, 5.74) is 1.33. The number of unbranched alkanes of at least 4 members (excludes halogenated alkanes) is 1. The van der Waals surface area contributed by atoms with Crippen LogP contribution >= 0.6 is 0 Å². The van der Waals surface area contributed by atoms with E-state index in [1.807, 2.05) is 98.8 Å². The average Bonchev–Trinajstić information content (AvgIpc) is 3.08. The number of benzene rings is 3. The highest BCUT2D eigenvalue weighted by Gasteiger charge is 2.42. The summed E-state index contributed by atoms with van der Waals surface area (Å²) in [7, 11) is 0. The Bertz CT molecular complexity index is 1220. The normalized spacial score (nSPS) is 16.8. The molecule has 44 heavy (non-hydrogen) atoms. The molecule has 0 bridgehead atoms. The fourth-order valence-corrected chi connectivity index (χ4v) is 6.77. The molecule has 1 saturated heterocycles. The summed E-state index contributed by atoms with van der Waals surface area (Å²) in [6.07, 6.45) is 5.66. The van der Waals surface area contributed by atoms with Crippen molar-refractivity contribution >= 4 is 5.97 Å². The van der Waals surface area contributed by atoms with Crippen molar-refractivity contribution in [2.24, 2.45) is 5.92 Å². The van der Waals surface area contributed by atoms with E-state index in [4.69, 9.17) is 4.74 Å². The van der Waals surface area contributed by atoms with Gasteiger partial charge in [0.05, 0.1) is 19.3 Å². The highest BCUT2D eigenvalue weighted by molar-refractivity contribution is 5.83. The molecule has 0 amide bonds. The maximum atomic E-state index is 13.0. The van der Waals surface area contributed by atoms with E-state index in [9.17, 15) is 20.1 Å². The van der Waals surface area contributed by atoms with Gasteiger partial charge in [-0.2, -0.15) is 0 Å². The summed E-state index contributed by atoms with van der Waals surface area (Å²) in [5, 5.41) is 33.4. The van der Waals surface area contributed by atoms with E-state index in [2.05, 4.69) is 4.90 Å². The van der Waals surface area contributed by atoms with Crippen LogP contribution in [-0.2, 0) is 20.5 Å². The van der Waals surface area contributed by atoms with E-state index in [1.165, 1.54) is 0 Å². The van der Waals surface area contributed by atoms with E-state index in [1.54, 1.807) is 0 Å². The fourth-order valence-electron chi connectivity index (χ4n) is 6.77. The third-order valence-electron chi connectivity index (χ3n) is 9.47. The van der Waals surface area contributed by atoms with Crippen LogP contribution in [0.25, 0.3) is 0 Å². The number of aliphatic hydroxyl groups excluding tert-OH is 2. The molecule has 6 nitrogen and oxygen atoms in total. The highest BCUT2D eigenvalue weighted by atomic mass is 16.5. The molecular formula is C38H51NO5. The number of likely N-dealkylation sites (tertiary alicyclic amines) is 1. The molecule has 1 aliphatic heterocycles. The molecule has 3 aromatic rings. The van der Waals surface area contributed by atoms with Crippen LogP contribution in [0.3, 0.4) is 0 Å². The van der Waals surface area contributed by atoms with Crippen molar-refractivity contribution in [3.63, 3.8) is 0 Å². The number of nitrogens with zero attached hydrogens (tertiary/aromatic N) is 1. The van der Waals surface area contributed by atoms with Crippen molar-refractivity contribution in [2.75, 3.05) is 32.8 Å². The van der Waals surface area contributed by atoms with E-state index >= 15 is 0 Å². The number of hydrogen-bond acceptors (Lipinski definition) is 6. The fraction of sp³-hybridized carbons (Fsp3) is 0.500. The topological polar surface area (TPSA) is 90.2 Å². The predicted molar refractivity (Wildman–Crippen MR) is 175 cm³/mol. The lowest BCUT2D eigenvalue weighted by Crippen LogP contribution is -2.44. The van der Waals surface area contributed by atoms with Gasteiger partial charge >= 0.3 is 5.97 Å². The maximum Gasteiger partial charge on any atom is 0.318 e. The molecule has 4 rings (SSSR count). The van der Waals surface area contributed by atoms with Gasteiger partial charge in [0.15, 0.2) is 0 Å². The minimum atomic E-state index is -1.08. The second-order valence-electron chi connectivity index (χ2n) is 12.4. The van der Waals surface area contributed by atoms with Crippen LogP contribution < -0.4 is 0 Å². The largest absolute Gasteiger partial charge is 0.465 e. The first-order valence-electron chi connectivity index (χ1n) is 16.5. The molecule has 3 aromatic carbocycles. The van der Waals surface area contributed by atoms with Gasteiger partial charge in [0.2, 0.25) is 0 Å². The van der Waals surface area contributed by atoms with Crippen LogP contribution in [0, 0.1) is 5.92 Å². The van der Waals surface area contributed by atoms with Gasteiger partial charge in [0.1, 0.15) is 11.0 Å². The van der Waals surface area contributed by atoms with Crippen LogP contribution in [0.4, 0.5) is 0 Å². The predicted octanol–water partition coefficient (Wildman–Crippen LogP) is 6.52. The summed E-state index contributed by atoms with van der Waals surface area (Å²) in [4.78, 5) is 15.5. The summed E-state index contributed by atoms with van der Waals surface area (Å²) < 4.78 is 5.54. The van der Waals surface area contributed by atoms with Crippen molar-refractivity contribution in [1.29, 1.82) is 0 Å². The van der Waals surface area contributed by atoms with Crippen molar-refractivity contribution < 1.29 is 24.9 Å². The zero-order valence-electron chi connectivity index (χ0n) is 26.5. The molecule has 0 aliphatic carbocycles. The lowest BCUT2D eigenvalue weighted by molar-refractivity contribution is -0.153. The summed E-state index contributed by atoms with van der Waals surface area (Å²) in [6.45, 7) is 6.81. The molecule has 3 N–H and O–H groups in total. The molecule has 1 fully saturated rings. The Morgan fingerprint density at radius 1 is 0.864 bits per heavy atom. The molecule has 0 aromatic heterocycles. The van der Waals surface area contributed by atoms with Crippen LogP contribution in [0.5, 0.6) is 0 Å². The lowest BCUT2D eigenvalue weighted by atomic mass is 9.72.